The molecule has 0 saturated heterocycles. The average Bonchev–Trinajstić information content (AvgIpc) is 2.87. The van der Waals surface area contributed by atoms with Crippen molar-refractivity contribution in [3.8, 4) is 0 Å². The molecule has 3 rings (SSSR count). The van der Waals surface area contributed by atoms with Crippen LogP contribution in [0.15, 0.2) is 47.2 Å². The molecule has 3 aromatic rings. The van der Waals surface area contributed by atoms with E-state index in [2.05, 4.69) is 31.2 Å². The van der Waals surface area contributed by atoms with Gasteiger partial charge in [-0.25, -0.2) is 4.98 Å². The molecular formula is C14H11BrN4O. The third-order valence-electron chi connectivity index (χ3n) is 2.92. The first-order valence-electron chi connectivity index (χ1n) is 5.93. The van der Waals surface area contributed by atoms with E-state index in [0.717, 1.165) is 10.9 Å². The number of nitrogens with one attached hydrogen (secondary N) is 2. The Kier molecular flexibility index (Phi) is 3.15. The number of anilines is 2. The summed E-state index contributed by atoms with van der Waals surface area (Å²) in [6.07, 6.45) is 1.58. The van der Waals surface area contributed by atoms with Gasteiger partial charge < -0.3 is 16.0 Å². The molecule has 0 fully saturated rings. The molecule has 0 unspecified atom stereocenters. The van der Waals surface area contributed by atoms with E-state index < -0.39 is 0 Å². The van der Waals surface area contributed by atoms with Gasteiger partial charge in [0.25, 0.3) is 5.91 Å². The summed E-state index contributed by atoms with van der Waals surface area (Å²) in [6, 6.07) is 10.9. The molecule has 0 saturated carbocycles. The summed E-state index contributed by atoms with van der Waals surface area (Å²) in [5.74, 6) is -0.232. The van der Waals surface area contributed by atoms with Gasteiger partial charge in [-0.2, -0.15) is 0 Å². The number of fused-ring (bicyclic) bond motifs is 1. The number of para-hydroxylation sites is 1. The fraction of sp³-hybridized carbons (Fsp3) is 0. The lowest BCUT2D eigenvalue weighted by atomic mass is 10.2. The minimum absolute atomic E-state index is 0.232. The van der Waals surface area contributed by atoms with Gasteiger partial charge in [0.05, 0.1) is 23.1 Å². The lowest BCUT2D eigenvalue weighted by Crippen LogP contribution is -2.12. The highest BCUT2D eigenvalue weighted by molar-refractivity contribution is 9.10. The van der Waals surface area contributed by atoms with E-state index in [1.54, 1.807) is 30.5 Å². The summed E-state index contributed by atoms with van der Waals surface area (Å²) in [5.41, 5.74) is 8.34. The Bertz CT molecular complexity index is 779. The van der Waals surface area contributed by atoms with E-state index in [9.17, 15) is 4.79 Å². The number of nitrogen functional groups attached to an aromatic ring is 1. The normalized spacial score (nSPS) is 10.7. The molecule has 0 spiro atoms. The van der Waals surface area contributed by atoms with Gasteiger partial charge in [-0.15, -0.1) is 0 Å². The quantitative estimate of drug-likeness (QED) is 0.498. The van der Waals surface area contributed by atoms with Crippen molar-refractivity contribution >= 4 is 44.1 Å². The van der Waals surface area contributed by atoms with Gasteiger partial charge in [0.1, 0.15) is 10.3 Å². The van der Waals surface area contributed by atoms with E-state index in [-0.39, 0.29) is 5.91 Å². The Hall–Kier alpha value is -2.34. The Morgan fingerprint density at radius 3 is 2.85 bits per heavy atom. The molecule has 1 amide bonds. The highest BCUT2D eigenvalue weighted by atomic mass is 79.9. The number of nitrogens with zero attached hydrogens (tertiary/aromatic N) is 1. The number of amides is 1. The number of aromatic amines is 1. The van der Waals surface area contributed by atoms with Crippen LogP contribution in [0, 0.1) is 0 Å². The molecule has 0 aliphatic rings. The highest BCUT2D eigenvalue weighted by Crippen LogP contribution is 2.21. The van der Waals surface area contributed by atoms with Crippen molar-refractivity contribution < 1.29 is 4.79 Å². The van der Waals surface area contributed by atoms with Gasteiger partial charge in [0, 0.05) is 5.39 Å². The Morgan fingerprint density at radius 2 is 2.15 bits per heavy atom. The van der Waals surface area contributed by atoms with Crippen LogP contribution in [0.1, 0.15) is 10.5 Å². The lowest BCUT2D eigenvalue weighted by molar-refractivity contribution is 0.102. The van der Waals surface area contributed by atoms with Crippen LogP contribution in [0.4, 0.5) is 11.4 Å². The van der Waals surface area contributed by atoms with Crippen LogP contribution in [0.2, 0.25) is 0 Å². The maximum atomic E-state index is 12.2. The summed E-state index contributed by atoms with van der Waals surface area (Å²) < 4.78 is 0.717. The van der Waals surface area contributed by atoms with Crippen molar-refractivity contribution in [3.05, 3.63) is 52.9 Å². The molecule has 4 N–H and O–H groups in total. The molecule has 2 heterocycles. The first-order valence-corrected chi connectivity index (χ1v) is 6.73. The molecule has 100 valence electrons. The number of pyridine rings is 1. The average molecular weight is 331 g/mol. The van der Waals surface area contributed by atoms with Crippen LogP contribution < -0.4 is 11.1 Å². The van der Waals surface area contributed by atoms with Crippen molar-refractivity contribution in [2.45, 2.75) is 0 Å². The molecule has 0 radical (unpaired) electrons. The first kappa shape index (κ1) is 12.7. The maximum absolute atomic E-state index is 12.2. The van der Waals surface area contributed by atoms with Gasteiger partial charge in [-0.05, 0) is 40.2 Å². The van der Waals surface area contributed by atoms with Crippen LogP contribution in [-0.2, 0) is 0 Å². The number of carbonyl (C=O) groups is 1. The number of carbonyl (C=O) groups excluding carboxylic acids is 1. The zero-order chi connectivity index (χ0) is 14.1. The van der Waals surface area contributed by atoms with Crippen molar-refractivity contribution in [2.75, 3.05) is 11.1 Å². The minimum Gasteiger partial charge on any atom is -0.397 e. The number of benzene rings is 1. The lowest BCUT2D eigenvalue weighted by Gasteiger charge is -2.02. The van der Waals surface area contributed by atoms with Gasteiger partial charge >= 0.3 is 0 Å². The number of halogens is 1. The maximum Gasteiger partial charge on any atom is 0.272 e. The first-order chi connectivity index (χ1) is 9.63. The zero-order valence-corrected chi connectivity index (χ0v) is 11.9. The van der Waals surface area contributed by atoms with Crippen LogP contribution in [-0.4, -0.2) is 15.9 Å². The monoisotopic (exact) mass is 330 g/mol. The van der Waals surface area contributed by atoms with E-state index in [1.165, 1.54) is 0 Å². The van der Waals surface area contributed by atoms with Gasteiger partial charge in [0.15, 0.2) is 0 Å². The topological polar surface area (TPSA) is 83.8 Å². The Balaban J connectivity index is 1.89. The number of nitrogens with two attached hydrogens (primary N) is 1. The van der Waals surface area contributed by atoms with E-state index in [4.69, 9.17) is 5.73 Å². The van der Waals surface area contributed by atoms with Crippen molar-refractivity contribution in [1.82, 2.24) is 9.97 Å². The van der Waals surface area contributed by atoms with E-state index >= 15 is 0 Å². The second-order valence-corrected chi connectivity index (χ2v) is 5.13. The summed E-state index contributed by atoms with van der Waals surface area (Å²) in [5, 5.41) is 3.68. The smallest absolute Gasteiger partial charge is 0.272 e. The molecule has 0 aliphatic heterocycles. The summed E-state index contributed by atoms with van der Waals surface area (Å²) >= 11 is 3.24. The molecule has 5 nitrogen and oxygen atoms in total. The molecule has 0 atom stereocenters. The number of rotatable bonds is 2. The standard InChI is InChI=1S/C14H11BrN4O/c15-12-5-4-9(7-17-12)18-14(20)11-6-8-2-1-3-10(16)13(8)19-11/h1-7,19H,16H2,(H,18,20). The zero-order valence-electron chi connectivity index (χ0n) is 10.4. The van der Waals surface area contributed by atoms with Crippen LogP contribution >= 0.6 is 15.9 Å². The Morgan fingerprint density at radius 1 is 1.30 bits per heavy atom. The molecule has 2 aromatic heterocycles. The molecule has 1 aromatic carbocycles. The molecule has 6 heteroatoms. The number of hydrogen-bond donors (Lipinski definition) is 3. The van der Waals surface area contributed by atoms with E-state index in [0.29, 0.717) is 21.7 Å². The molecular weight excluding hydrogens is 320 g/mol. The van der Waals surface area contributed by atoms with Crippen LogP contribution in [0.5, 0.6) is 0 Å². The largest absolute Gasteiger partial charge is 0.397 e. The number of H-pyrrole nitrogens is 1. The molecule has 0 aliphatic carbocycles. The second kappa shape index (κ2) is 4.97. The fourth-order valence-corrected chi connectivity index (χ4v) is 2.18. The van der Waals surface area contributed by atoms with Crippen molar-refractivity contribution in [3.63, 3.8) is 0 Å². The SMILES string of the molecule is Nc1cccc2cc(C(=O)Nc3ccc(Br)nc3)[nH]c12. The number of aromatic nitrogens is 2. The van der Waals surface area contributed by atoms with Crippen LogP contribution in [0.3, 0.4) is 0 Å². The van der Waals surface area contributed by atoms with Crippen LogP contribution in [0.25, 0.3) is 10.9 Å². The molecule has 20 heavy (non-hydrogen) atoms. The highest BCUT2D eigenvalue weighted by Gasteiger charge is 2.11. The minimum atomic E-state index is -0.232. The number of hydrogen-bond acceptors (Lipinski definition) is 3. The summed E-state index contributed by atoms with van der Waals surface area (Å²) in [7, 11) is 0. The summed E-state index contributed by atoms with van der Waals surface area (Å²) in [6.45, 7) is 0. The fourth-order valence-electron chi connectivity index (χ4n) is 1.95. The van der Waals surface area contributed by atoms with Gasteiger partial charge in [0.2, 0.25) is 0 Å². The summed E-state index contributed by atoms with van der Waals surface area (Å²) in [4.78, 5) is 19.2. The van der Waals surface area contributed by atoms with Gasteiger partial charge in [-0.1, -0.05) is 12.1 Å². The predicted molar refractivity (Wildman–Crippen MR) is 82.6 cm³/mol. The Labute approximate surface area is 123 Å². The van der Waals surface area contributed by atoms with Crippen molar-refractivity contribution in [2.24, 2.45) is 0 Å². The third kappa shape index (κ3) is 2.37. The molecule has 0 bridgehead atoms. The van der Waals surface area contributed by atoms with Gasteiger partial charge in [-0.3, -0.25) is 4.79 Å². The second-order valence-electron chi connectivity index (χ2n) is 4.32. The van der Waals surface area contributed by atoms with Crippen molar-refractivity contribution in [1.29, 1.82) is 0 Å². The third-order valence-corrected chi connectivity index (χ3v) is 3.39. The predicted octanol–water partition coefficient (Wildman–Crippen LogP) is 3.16. The van der Waals surface area contributed by atoms with E-state index in [1.807, 2.05) is 12.1 Å².